The van der Waals surface area contributed by atoms with E-state index in [2.05, 4.69) is 11.0 Å². The molecule has 152 valence electrons. The summed E-state index contributed by atoms with van der Waals surface area (Å²) >= 11 is 0. The molecule has 0 radical (unpaired) electrons. The number of carbonyl (C=O) groups excluding carboxylic acids is 2. The average Bonchev–Trinajstić information content (AvgIpc) is 2.75. The fourth-order valence-corrected chi connectivity index (χ4v) is 4.04. The molecule has 7 nitrogen and oxygen atoms in total. The molecular formula is C22H26N4O3. The molecule has 2 aliphatic rings. The van der Waals surface area contributed by atoms with Crippen molar-refractivity contribution in [2.45, 2.75) is 12.8 Å². The molecule has 1 aromatic heterocycles. The summed E-state index contributed by atoms with van der Waals surface area (Å²) in [6, 6.07) is 11.2. The Bertz CT molecular complexity index is 976. The Morgan fingerprint density at radius 2 is 1.76 bits per heavy atom. The Balaban J connectivity index is 1.34. The minimum atomic E-state index is -0.193. The summed E-state index contributed by atoms with van der Waals surface area (Å²) in [4.78, 5) is 43.1. The van der Waals surface area contributed by atoms with Gasteiger partial charge in [-0.3, -0.25) is 19.3 Å². The summed E-state index contributed by atoms with van der Waals surface area (Å²) in [6.45, 7) is 3.53. The first-order valence-electron chi connectivity index (χ1n) is 10.1. The fraction of sp³-hybridized carbons (Fsp3) is 0.409. The Hall–Kier alpha value is -2.93. The van der Waals surface area contributed by atoms with E-state index in [0.717, 1.165) is 25.1 Å². The number of para-hydroxylation sites is 1. The van der Waals surface area contributed by atoms with Gasteiger partial charge in [0, 0.05) is 63.3 Å². The molecule has 0 atom stereocenters. The smallest absolute Gasteiger partial charge is 0.254 e. The molecule has 0 N–H and O–H groups in total. The van der Waals surface area contributed by atoms with E-state index in [-0.39, 0.29) is 17.4 Å². The number of carbonyl (C=O) groups is 2. The molecule has 0 bridgehead atoms. The van der Waals surface area contributed by atoms with Crippen LogP contribution >= 0.6 is 0 Å². The van der Waals surface area contributed by atoms with Crippen LogP contribution in [0.15, 0.2) is 47.4 Å². The summed E-state index contributed by atoms with van der Waals surface area (Å²) in [5, 5.41) is 0. The van der Waals surface area contributed by atoms with Crippen LogP contribution in [0.4, 0.5) is 5.69 Å². The molecule has 2 aromatic rings. The van der Waals surface area contributed by atoms with Crippen LogP contribution in [0.2, 0.25) is 0 Å². The Morgan fingerprint density at radius 3 is 2.52 bits per heavy atom. The highest BCUT2D eigenvalue weighted by Gasteiger charge is 2.27. The second-order valence-corrected chi connectivity index (χ2v) is 7.71. The summed E-state index contributed by atoms with van der Waals surface area (Å²) in [7, 11) is 1.66. The lowest BCUT2D eigenvalue weighted by molar-refractivity contribution is -0.120. The van der Waals surface area contributed by atoms with Crippen molar-refractivity contribution < 1.29 is 9.59 Å². The van der Waals surface area contributed by atoms with Crippen molar-refractivity contribution in [2.75, 3.05) is 44.2 Å². The van der Waals surface area contributed by atoms with Crippen molar-refractivity contribution in [1.82, 2.24) is 14.4 Å². The number of anilines is 1. The first-order valence-corrected chi connectivity index (χ1v) is 10.1. The maximum atomic E-state index is 12.9. The van der Waals surface area contributed by atoms with Gasteiger partial charge in [0.25, 0.3) is 11.5 Å². The predicted molar refractivity (Wildman–Crippen MR) is 111 cm³/mol. The van der Waals surface area contributed by atoms with E-state index in [1.165, 1.54) is 16.2 Å². The lowest BCUT2D eigenvalue weighted by Gasteiger charge is -2.36. The molecule has 0 unspecified atom stereocenters. The van der Waals surface area contributed by atoms with E-state index < -0.39 is 0 Å². The first-order chi connectivity index (χ1) is 14.0. The number of hydrogen-bond acceptors (Lipinski definition) is 4. The van der Waals surface area contributed by atoms with Crippen LogP contribution in [-0.2, 0) is 18.3 Å². The molecule has 3 heterocycles. The van der Waals surface area contributed by atoms with Gasteiger partial charge < -0.3 is 14.4 Å². The van der Waals surface area contributed by atoms with Gasteiger partial charge in [0.15, 0.2) is 0 Å². The normalized spacial score (nSPS) is 17.1. The van der Waals surface area contributed by atoms with Crippen LogP contribution in [0.1, 0.15) is 22.3 Å². The molecule has 2 amide bonds. The highest BCUT2D eigenvalue weighted by molar-refractivity contribution is 5.96. The van der Waals surface area contributed by atoms with Gasteiger partial charge in [0.2, 0.25) is 5.91 Å². The number of aryl methyl sites for hydroxylation is 2. The van der Waals surface area contributed by atoms with E-state index in [9.17, 15) is 14.4 Å². The molecule has 4 rings (SSSR count). The van der Waals surface area contributed by atoms with Gasteiger partial charge in [0.05, 0.1) is 6.54 Å². The maximum absolute atomic E-state index is 12.9. The number of benzene rings is 1. The standard InChI is InChI=1S/C22H26N4O3/c1-23-10-8-18(15-20(23)27)22(29)25-13-11-24(12-14-25)16-21(28)26-9-4-6-17-5-2-3-7-19(17)26/h2-3,5,7-8,10,15H,4,6,9,11-14,16H2,1H3. The minimum Gasteiger partial charge on any atom is -0.336 e. The van der Waals surface area contributed by atoms with Gasteiger partial charge in [-0.2, -0.15) is 0 Å². The van der Waals surface area contributed by atoms with E-state index in [1.807, 2.05) is 23.1 Å². The number of amides is 2. The quantitative estimate of drug-likeness (QED) is 0.783. The lowest BCUT2D eigenvalue weighted by atomic mass is 10.0. The van der Waals surface area contributed by atoms with E-state index in [1.54, 1.807) is 24.2 Å². The number of piperazine rings is 1. The van der Waals surface area contributed by atoms with Crippen LogP contribution < -0.4 is 10.5 Å². The molecule has 2 aliphatic heterocycles. The monoisotopic (exact) mass is 394 g/mol. The van der Waals surface area contributed by atoms with Crippen molar-refractivity contribution in [3.05, 3.63) is 64.1 Å². The Labute approximate surface area is 170 Å². The number of nitrogens with zero attached hydrogens (tertiary/aromatic N) is 4. The third-order valence-electron chi connectivity index (χ3n) is 5.78. The van der Waals surface area contributed by atoms with Gasteiger partial charge in [-0.25, -0.2) is 0 Å². The molecule has 1 aromatic carbocycles. The molecule has 0 aliphatic carbocycles. The molecule has 0 spiro atoms. The number of fused-ring (bicyclic) bond motifs is 1. The van der Waals surface area contributed by atoms with E-state index >= 15 is 0 Å². The third-order valence-corrected chi connectivity index (χ3v) is 5.78. The van der Waals surface area contributed by atoms with Crippen LogP contribution in [0.5, 0.6) is 0 Å². The largest absolute Gasteiger partial charge is 0.336 e. The molecule has 7 heteroatoms. The van der Waals surface area contributed by atoms with Crippen molar-refractivity contribution in [1.29, 1.82) is 0 Å². The van der Waals surface area contributed by atoms with Crippen LogP contribution in [-0.4, -0.2) is 65.4 Å². The lowest BCUT2D eigenvalue weighted by Crippen LogP contribution is -2.52. The average molecular weight is 394 g/mol. The van der Waals surface area contributed by atoms with E-state index in [4.69, 9.17) is 0 Å². The highest BCUT2D eigenvalue weighted by atomic mass is 16.2. The molecule has 1 fully saturated rings. The summed E-state index contributed by atoms with van der Waals surface area (Å²) in [6.07, 6.45) is 3.62. The van der Waals surface area contributed by atoms with Crippen LogP contribution in [0, 0.1) is 0 Å². The first kappa shape index (κ1) is 19.4. The maximum Gasteiger partial charge on any atom is 0.254 e. The van der Waals surface area contributed by atoms with Gasteiger partial charge in [-0.05, 0) is 30.5 Å². The highest BCUT2D eigenvalue weighted by Crippen LogP contribution is 2.26. The van der Waals surface area contributed by atoms with E-state index in [0.29, 0.717) is 38.3 Å². The van der Waals surface area contributed by atoms with Gasteiger partial charge in [-0.1, -0.05) is 18.2 Å². The third kappa shape index (κ3) is 4.10. The SMILES string of the molecule is Cn1ccc(C(=O)N2CCN(CC(=O)N3CCCc4ccccc43)CC2)cc1=O. The number of aromatic nitrogens is 1. The molecule has 0 saturated carbocycles. The fourth-order valence-electron chi connectivity index (χ4n) is 4.04. The summed E-state index contributed by atoms with van der Waals surface area (Å²) in [5.74, 6) is -0.0119. The van der Waals surface area contributed by atoms with Gasteiger partial charge >= 0.3 is 0 Å². The van der Waals surface area contributed by atoms with Crippen molar-refractivity contribution in [2.24, 2.45) is 7.05 Å². The zero-order valence-electron chi connectivity index (χ0n) is 16.7. The molecule has 1 saturated heterocycles. The Kier molecular flexibility index (Phi) is 5.49. The zero-order chi connectivity index (χ0) is 20.4. The summed E-state index contributed by atoms with van der Waals surface area (Å²) < 4.78 is 1.44. The topological polar surface area (TPSA) is 65.9 Å². The number of hydrogen-bond donors (Lipinski definition) is 0. The Morgan fingerprint density at radius 1 is 1.00 bits per heavy atom. The predicted octanol–water partition coefficient (Wildman–Crippen LogP) is 1.12. The second kappa shape index (κ2) is 8.21. The second-order valence-electron chi connectivity index (χ2n) is 7.71. The van der Waals surface area contributed by atoms with Gasteiger partial charge in [0.1, 0.15) is 0 Å². The van der Waals surface area contributed by atoms with Crippen molar-refractivity contribution >= 4 is 17.5 Å². The van der Waals surface area contributed by atoms with Crippen molar-refractivity contribution in [3.63, 3.8) is 0 Å². The van der Waals surface area contributed by atoms with Crippen LogP contribution in [0.3, 0.4) is 0 Å². The van der Waals surface area contributed by atoms with Crippen molar-refractivity contribution in [3.8, 4) is 0 Å². The minimum absolute atomic E-state index is 0.114. The molecule has 29 heavy (non-hydrogen) atoms. The summed E-state index contributed by atoms with van der Waals surface area (Å²) in [5.41, 5.74) is 2.49. The van der Waals surface area contributed by atoms with Gasteiger partial charge in [-0.15, -0.1) is 0 Å². The number of pyridine rings is 1. The molecular weight excluding hydrogens is 368 g/mol. The number of rotatable bonds is 3. The van der Waals surface area contributed by atoms with Crippen LogP contribution in [0.25, 0.3) is 0 Å². The zero-order valence-corrected chi connectivity index (χ0v) is 16.7.